The Morgan fingerprint density at radius 2 is 1.74 bits per heavy atom. The highest BCUT2D eigenvalue weighted by Crippen LogP contribution is 2.30. The zero-order valence-corrected chi connectivity index (χ0v) is 19.2. The van der Waals surface area contributed by atoms with Gasteiger partial charge in [0.15, 0.2) is 5.96 Å². The number of piperidine rings is 1. The van der Waals surface area contributed by atoms with Gasteiger partial charge in [0.05, 0.1) is 0 Å². The van der Waals surface area contributed by atoms with Crippen molar-refractivity contribution in [2.75, 3.05) is 32.7 Å². The molecule has 1 rings (SSSR count). The number of halogens is 4. The molecule has 1 aliphatic rings. The predicted octanol–water partition coefficient (Wildman–Crippen LogP) is 3.30. The molecule has 0 aliphatic carbocycles. The molecular formula is C16H32F3IN4O2S. The third-order valence-corrected chi connectivity index (χ3v) is 6.01. The summed E-state index contributed by atoms with van der Waals surface area (Å²) >= 11 is 0. The molecule has 0 aromatic carbocycles. The number of alkyl halides is 3. The van der Waals surface area contributed by atoms with E-state index in [0.29, 0.717) is 29.7 Å². The molecule has 0 radical (unpaired) electrons. The summed E-state index contributed by atoms with van der Waals surface area (Å²) in [7, 11) is -5.21. The first-order valence-corrected chi connectivity index (χ1v) is 10.7. The Labute approximate surface area is 177 Å². The van der Waals surface area contributed by atoms with Crippen molar-refractivity contribution in [3.8, 4) is 0 Å². The summed E-state index contributed by atoms with van der Waals surface area (Å²) < 4.78 is 61.1. The summed E-state index contributed by atoms with van der Waals surface area (Å²) in [5.74, 6) is 0.791. The van der Waals surface area contributed by atoms with E-state index in [4.69, 9.17) is 0 Å². The molecule has 1 fully saturated rings. The van der Waals surface area contributed by atoms with E-state index in [-0.39, 0.29) is 43.0 Å². The maximum absolute atomic E-state index is 12.6. The summed E-state index contributed by atoms with van der Waals surface area (Å²) in [4.78, 5) is 4.50. The first kappa shape index (κ1) is 26.7. The highest BCUT2D eigenvalue weighted by Gasteiger charge is 2.50. The van der Waals surface area contributed by atoms with Crippen molar-refractivity contribution in [1.29, 1.82) is 0 Å². The highest BCUT2D eigenvalue weighted by atomic mass is 127. The second-order valence-electron chi connectivity index (χ2n) is 6.50. The summed E-state index contributed by atoms with van der Waals surface area (Å²) in [6.07, 6.45) is 5.37. The van der Waals surface area contributed by atoms with Gasteiger partial charge in [-0.3, -0.25) is 4.99 Å². The fourth-order valence-corrected chi connectivity index (χ4v) is 3.78. The SMILES string of the molecule is CCCCCCNC(=NCC1CCN(S(=O)(=O)C(F)(F)F)CC1)NCC.I. The van der Waals surface area contributed by atoms with Crippen LogP contribution in [-0.4, -0.2) is 56.9 Å². The fourth-order valence-electron chi connectivity index (χ4n) is 2.80. The molecule has 1 saturated heterocycles. The van der Waals surface area contributed by atoms with Gasteiger partial charge in [0.1, 0.15) is 0 Å². The van der Waals surface area contributed by atoms with Gasteiger partial charge in [-0.2, -0.15) is 17.5 Å². The molecule has 1 aliphatic heterocycles. The summed E-state index contributed by atoms with van der Waals surface area (Å²) in [5.41, 5.74) is -5.22. The van der Waals surface area contributed by atoms with Crippen LogP contribution in [-0.2, 0) is 10.0 Å². The minimum Gasteiger partial charge on any atom is -0.357 e. The van der Waals surface area contributed by atoms with E-state index in [0.717, 1.165) is 25.9 Å². The standard InChI is InChI=1S/C16H31F3N4O2S.HI/c1-3-5-6-7-10-21-15(20-4-2)22-13-14-8-11-23(12-9-14)26(24,25)16(17,18)19;/h14H,3-13H2,1-2H3,(H2,20,21,22);1H. The van der Waals surface area contributed by atoms with Crippen LogP contribution < -0.4 is 10.6 Å². The summed E-state index contributed by atoms with van der Waals surface area (Å²) in [6, 6.07) is 0. The van der Waals surface area contributed by atoms with E-state index in [9.17, 15) is 21.6 Å². The maximum atomic E-state index is 12.6. The average Bonchev–Trinajstić information content (AvgIpc) is 2.58. The van der Waals surface area contributed by atoms with Gasteiger partial charge in [-0.1, -0.05) is 26.2 Å². The lowest BCUT2D eigenvalue weighted by Crippen LogP contribution is -2.45. The predicted molar refractivity (Wildman–Crippen MR) is 113 cm³/mol. The molecule has 0 aromatic heterocycles. The van der Waals surface area contributed by atoms with Gasteiger partial charge in [-0.25, -0.2) is 8.42 Å². The molecule has 2 N–H and O–H groups in total. The second kappa shape index (κ2) is 13.0. The zero-order chi connectivity index (χ0) is 19.6. The Morgan fingerprint density at radius 3 is 2.26 bits per heavy atom. The molecular weight excluding hydrogens is 496 g/mol. The van der Waals surface area contributed by atoms with Crippen molar-refractivity contribution < 1.29 is 21.6 Å². The minimum atomic E-state index is -5.22. The van der Waals surface area contributed by atoms with Crippen LogP contribution in [0.15, 0.2) is 4.99 Å². The Kier molecular flexibility index (Phi) is 12.9. The zero-order valence-electron chi connectivity index (χ0n) is 16.0. The number of guanidine groups is 1. The van der Waals surface area contributed by atoms with Gasteiger partial charge in [-0.05, 0) is 32.1 Å². The van der Waals surface area contributed by atoms with Crippen molar-refractivity contribution in [3.63, 3.8) is 0 Å². The number of hydrogen-bond acceptors (Lipinski definition) is 3. The van der Waals surface area contributed by atoms with Crippen LogP contribution in [0.5, 0.6) is 0 Å². The summed E-state index contributed by atoms with van der Waals surface area (Å²) in [5, 5.41) is 6.41. The quantitative estimate of drug-likeness (QED) is 0.209. The van der Waals surface area contributed by atoms with Gasteiger partial charge >= 0.3 is 15.5 Å². The Hall–Kier alpha value is -0.300. The van der Waals surface area contributed by atoms with E-state index in [1.54, 1.807) is 0 Å². The number of nitrogens with one attached hydrogen (secondary N) is 2. The van der Waals surface area contributed by atoms with Crippen molar-refractivity contribution in [2.24, 2.45) is 10.9 Å². The van der Waals surface area contributed by atoms with Gasteiger partial charge in [0.25, 0.3) is 0 Å². The van der Waals surface area contributed by atoms with Crippen molar-refractivity contribution >= 4 is 40.0 Å². The molecule has 27 heavy (non-hydrogen) atoms. The number of sulfonamides is 1. The minimum absolute atomic E-state index is 0. The molecule has 0 aromatic rings. The molecule has 0 atom stereocenters. The largest absolute Gasteiger partial charge is 0.511 e. The molecule has 0 amide bonds. The third kappa shape index (κ3) is 9.16. The van der Waals surface area contributed by atoms with E-state index < -0.39 is 15.5 Å². The van der Waals surface area contributed by atoms with Crippen LogP contribution >= 0.6 is 24.0 Å². The monoisotopic (exact) mass is 528 g/mol. The Bertz CT molecular complexity index is 536. The highest BCUT2D eigenvalue weighted by molar-refractivity contribution is 14.0. The van der Waals surface area contributed by atoms with E-state index in [1.165, 1.54) is 12.8 Å². The van der Waals surface area contributed by atoms with Gasteiger partial charge in [-0.15, -0.1) is 24.0 Å². The van der Waals surface area contributed by atoms with E-state index in [1.807, 2.05) is 6.92 Å². The van der Waals surface area contributed by atoms with Gasteiger partial charge in [0, 0.05) is 32.7 Å². The molecule has 0 bridgehead atoms. The second-order valence-corrected chi connectivity index (χ2v) is 8.43. The van der Waals surface area contributed by atoms with Crippen LogP contribution in [0, 0.1) is 5.92 Å². The molecule has 162 valence electrons. The number of rotatable bonds is 9. The normalized spacial score (nSPS) is 17.4. The van der Waals surface area contributed by atoms with Gasteiger partial charge < -0.3 is 10.6 Å². The van der Waals surface area contributed by atoms with Crippen molar-refractivity contribution in [3.05, 3.63) is 0 Å². The molecule has 11 heteroatoms. The third-order valence-electron chi connectivity index (χ3n) is 4.38. The van der Waals surface area contributed by atoms with Crippen LogP contribution in [0.4, 0.5) is 13.2 Å². The number of nitrogens with zero attached hydrogens (tertiary/aromatic N) is 2. The van der Waals surface area contributed by atoms with Gasteiger partial charge in [0.2, 0.25) is 0 Å². The van der Waals surface area contributed by atoms with Crippen LogP contribution in [0.25, 0.3) is 0 Å². The average molecular weight is 528 g/mol. The smallest absolute Gasteiger partial charge is 0.357 e. The first-order valence-electron chi connectivity index (χ1n) is 9.31. The molecule has 6 nitrogen and oxygen atoms in total. The van der Waals surface area contributed by atoms with Crippen molar-refractivity contribution in [1.82, 2.24) is 14.9 Å². The number of unbranched alkanes of at least 4 members (excludes halogenated alkanes) is 3. The molecule has 0 spiro atoms. The lowest BCUT2D eigenvalue weighted by Gasteiger charge is -2.30. The first-order chi connectivity index (χ1) is 12.2. The van der Waals surface area contributed by atoms with E-state index in [2.05, 4.69) is 22.5 Å². The van der Waals surface area contributed by atoms with Crippen LogP contribution in [0.1, 0.15) is 52.4 Å². The summed E-state index contributed by atoms with van der Waals surface area (Å²) in [6.45, 7) is 5.94. The maximum Gasteiger partial charge on any atom is 0.511 e. The van der Waals surface area contributed by atoms with Crippen molar-refractivity contribution in [2.45, 2.75) is 57.9 Å². The Morgan fingerprint density at radius 1 is 1.11 bits per heavy atom. The number of aliphatic imine (C=N–C) groups is 1. The molecule has 1 heterocycles. The number of hydrogen-bond donors (Lipinski definition) is 2. The van der Waals surface area contributed by atoms with E-state index >= 15 is 0 Å². The molecule has 0 saturated carbocycles. The lowest BCUT2D eigenvalue weighted by molar-refractivity contribution is -0.0496. The van der Waals surface area contributed by atoms with Crippen LogP contribution in [0.2, 0.25) is 0 Å². The Balaban J connectivity index is 0.00000676. The topological polar surface area (TPSA) is 73.8 Å². The molecule has 0 unspecified atom stereocenters. The lowest BCUT2D eigenvalue weighted by atomic mass is 9.98. The fraction of sp³-hybridized carbons (Fsp3) is 0.938. The van der Waals surface area contributed by atoms with Crippen LogP contribution in [0.3, 0.4) is 0 Å².